The van der Waals surface area contributed by atoms with Crippen LogP contribution in [-0.4, -0.2) is 19.1 Å². The Balaban J connectivity index is 1.03. The molecular weight excluding hydrogens is 873 g/mol. The van der Waals surface area contributed by atoms with Gasteiger partial charge in [-0.05, 0) is 97.1 Å². The summed E-state index contributed by atoms with van der Waals surface area (Å²) < 4.78 is 11.4. The molecule has 0 unspecified atom stereocenters. The van der Waals surface area contributed by atoms with Gasteiger partial charge in [0, 0.05) is 69.2 Å². The van der Waals surface area contributed by atoms with Gasteiger partial charge in [0.1, 0.15) is 17.0 Å². The molecular formula is C64H42N4OS. The van der Waals surface area contributed by atoms with E-state index in [9.17, 15) is 0 Å². The number of hydrogen-bond donors (Lipinski definition) is 0. The second-order valence-electron chi connectivity index (χ2n) is 17.7. The summed E-state index contributed by atoms with van der Waals surface area (Å²) in [5.41, 5.74) is 9.80. The molecule has 4 heterocycles. The lowest BCUT2D eigenvalue weighted by atomic mass is 10.1. The van der Waals surface area contributed by atoms with Gasteiger partial charge in [0.15, 0.2) is 5.82 Å². The highest BCUT2D eigenvalue weighted by Crippen LogP contribution is 2.73. The van der Waals surface area contributed by atoms with Gasteiger partial charge in [-0.15, -0.1) is 10.0 Å². The smallest absolute Gasteiger partial charge is 0.165 e. The molecule has 0 aliphatic rings. The first-order chi connectivity index (χ1) is 34.7. The summed E-state index contributed by atoms with van der Waals surface area (Å²) in [5.74, 6) is 1.35. The van der Waals surface area contributed by atoms with Gasteiger partial charge in [0.05, 0.1) is 33.3 Å². The molecule has 0 saturated carbocycles. The van der Waals surface area contributed by atoms with Crippen LogP contribution in [0.2, 0.25) is 0 Å². The van der Waals surface area contributed by atoms with Gasteiger partial charge in [-0.25, -0.2) is 9.97 Å². The van der Waals surface area contributed by atoms with E-state index in [0.29, 0.717) is 5.82 Å². The molecule has 10 aromatic carbocycles. The van der Waals surface area contributed by atoms with Crippen molar-refractivity contribution < 1.29 is 4.42 Å². The van der Waals surface area contributed by atoms with Gasteiger partial charge < -0.3 is 8.98 Å². The van der Waals surface area contributed by atoms with Gasteiger partial charge in [-0.3, -0.25) is 4.57 Å². The summed E-state index contributed by atoms with van der Waals surface area (Å²) in [5, 5.41) is 6.85. The second kappa shape index (κ2) is 16.1. The van der Waals surface area contributed by atoms with Crippen molar-refractivity contribution >= 4 is 75.6 Å². The largest absolute Gasteiger partial charge is 0.455 e. The summed E-state index contributed by atoms with van der Waals surface area (Å²) in [6.45, 7) is 0. The van der Waals surface area contributed by atoms with Crippen LogP contribution < -0.4 is 0 Å². The molecule has 0 spiro atoms. The van der Waals surface area contributed by atoms with Crippen LogP contribution in [0.25, 0.3) is 99.7 Å². The third-order valence-electron chi connectivity index (χ3n) is 13.9. The number of hydrogen-bond acceptors (Lipinski definition) is 3. The molecule has 0 atom stereocenters. The lowest BCUT2D eigenvalue weighted by Gasteiger charge is -2.42. The van der Waals surface area contributed by atoms with E-state index in [1.165, 1.54) is 41.4 Å². The first kappa shape index (κ1) is 40.1. The van der Waals surface area contributed by atoms with E-state index in [-0.39, 0.29) is 0 Å². The summed E-state index contributed by atoms with van der Waals surface area (Å²) in [6.07, 6.45) is 0. The summed E-state index contributed by atoms with van der Waals surface area (Å²) in [4.78, 5) is 16.1. The highest BCUT2D eigenvalue weighted by Gasteiger charge is 2.33. The maximum absolute atomic E-state index is 6.69. The molecule has 0 N–H and O–H groups in total. The standard InChI is InChI=1S/C64H42N4OS/c1-4-21-45(22-5-1)70(46-23-6-2-7-24-46,47-25-8-3-9-26-47)48-27-18-20-43(40-48)56-42-62(66-64(65-56)54-33-19-32-53-52-31-13-17-37-61(52)69-63(53)54)68-59-36-16-12-30-51(59)55-41-44(38-39-60(55)68)67-57-34-14-10-28-49(57)50-29-11-15-35-58(50)67/h1-42H. The molecule has 14 rings (SSSR count). The summed E-state index contributed by atoms with van der Waals surface area (Å²) in [7, 11) is -1.97. The van der Waals surface area contributed by atoms with Crippen molar-refractivity contribution in [2.45, 2.75) is 19.6 Å². The van der Waals surface area contributed by atoms with Crippen LogP contribution in [0.5, 0.6) is 0 Å². The Hall–Kier alpha value is -8.97. The highest BCUT2D eigenvalue weighted by atomic mass is 32.3. The Morgan fingerprint density at radius 3 is 1.49 bits per heavy atom. The number of aromatic nitrogens is 4. The maximum atomic E-state index is 6.69. The van der Waals surface area contributed by atoms with Crippen LogP contribution >= 0.6 is 10.0 Å². The number of para-hydroxylation sites is 5. The van der Waals surface area contributed by atoms with E-state index in [1.807, 2.05) is 12.1 Å². The summed E-state index contributed by atoms with van der Waals surface area (Å²) >= 11 is 0. The Morgan fingerprint density at radius 1 is 0.343 bits per heavy atom. The van der Waals surface area contributed by atoms with Crippen LogP contribution in [0.15, 0.2) is 279 Å². The average Bonchev–Trinajstić information content (AvgIpc) is 4.10. The predicted molar refractivity (Wildman–Crippen MR) is 289 cm³/mol. The number of fused-ring (bicyclic) bond motifs is 9. The first-order valence-electron chi connectivity index (χ1n) is 23.6. The van der Waals surface area contributed by atoms with Gasteiger partial charge in [-0.1, -0.05) is 152 Å². The van der Waals surface area contributed by atoms with E-state index in [1.54, 1.807) is 0 Å². The lowest BCUT2D eigenvalue weighted by Crippen LogP contribution is -2.06. The Kier molecular flexibility index (Phi) is 9.22. The molecule has 4 aromatic heterocycles. The normalized spacial score (nSPS) is 12.2. The van der Waals surface area contributed by atoms with Crippen molar-refractivity contribution in [2.75, 3.05) is 0 Å². The number of furan rings is 1. The van der Waals surface area contributed by atoms with Gasteiger partial charge in [0.25, 0.3) is 0 Å². The Labute approximate surface area is 405 Å². The zero-order chi connectivity index (χ0) is 46.2. The Morgan fingerprint density at radius 2 is 0.843 bits per heavy atom. The van der Waals surface area contributed by atoms with Crippen LogP contribution in [0.1, 0.15) is 0 Å². The molecule has 0 amide bonds. The van der Waals surface area contributed by atoms with E-state index in [2.05, 4.69) is 252 Å². The van der Waals surface area contributed by atoms with Gasteiger partial charge in [0.2, 0.25) is 0 Å². The van der Waals surface area contributed by atoms with Crippen molar-refractivity contribution in [1.29, 1.82) is 0 Å². The highest BCUT2D eigenvalue weighted by molar-refractivity contribution is 8.34. The van der Waals surface area contributed by atoms with Crippen LogP contribution in [0, 0.1) is 0 Å². The molecule has 0 bridgehead atoms. The lowest BCUT2D eigenvalue weighted by molar-refractivity contribution is 0.669. The molecule has 0 aliphatic heterocycles. The molecule has 0 saturated heterocycles. The monoisotopic (exact) mass is 914 g/mol. The maximum Gasteiger partial charge on any atom is 0.165 e. The minimum atomic E-state index is -1.97. The fourth-order valence-corrected chi connectivity index (χ4v) is 14.7. The van der Waals surface area contributed by atoms with Crippen LogP contribution in [0.3, 0.4) is 0 Å². The fraction of sp³-hybridized carbons (Fsp3) is 0. The first-order valence-corrected chi connectivity index (χ1v) is 25.3. The van der Waals surface area contributed by atoms with Crippen molar-refractivity contribution in [2.24, 2.45) is 0 Å². The molecule has 0 radical (unpaired) electrons. The number of nitrogens with zero attached hydrogens (tertiary/aromatic N) is 4. The third kappa shape index (κ3) is 6.13. The zero-order valence-corrected chi connectivity index (χ0v) is 38.7. The second-order valence-corrected chi connectivity index (χ2v) is 20.8. The SMILES string of the molecule is c1ccc(S(c2ccccc2)(c2ccccc2)c2cccc(-c3cc(-n4c5ccccc5c5cc(-n6c7ccccc7c7ccccc76)ccc54)nc(-c4cccc5c4oc4ccccc45)n3)c2)cc1. The molecule has 0 aliphatic carbocycles. The van der Waals surface area contributed by atoms with Crippen molar-refractivity contribution in [3.63, 3.8) is 0 Å². The molecule has 70 heavy (non-hydrogen) atoms. The van der Waals surface area contributed by atoms with Crippen LogP contribution in [-0.2, 0) is 0 Å². The molecule has 330 valence electrons. The van der Waals surface area contributed by atoms with Crippen molar-refractivity contribution in [3.05, 3.63) is 255 Å². The van der Waals surface area contributed by atoms with E-state index in [4.69, 9.17) is 14.4 Å². The third-order valence-corrected chi connectivity index (χ3v) is 17.8. The van der Waals surface area contributed by atoms with E-state index in [0.717, 1.165) is 72.1 Å². The minimum Gasteiger partial charge on any atom is -0.455 e. The predicted octanol–water partition coefficient (Wildman–Crippen LogP) is 17.2. The number of rotatable bonds is 8. The van der Waals surface area contributed by atoms with Crippen molar-refractivity contribution in [3.8, 4) is 34.2 Å². The van der Waals surface area contributed by atoms with Crippen LogP contribution in [0.4, 0.5) is 0 Å². The summed E-state index contributed by atoms with van der Waals surface area (Å²) in [6, 6.07) is 91.6. The molecule has 0 fully saturated rings. The van der Waals surface area contributed by atoms with E-state index < -0.39 is 10.0 Å². The Bertz CT molecular complexity index is 4160. The zero-order valence-electron chi connectivity index (χ0n) is 37.9. The fourth-order valence-electron chi connectivity index (χ4n) is 10.8. The molecule has 14 aromatic rings. The average molecular weight is 915 g/mol. The minimum absolute atomic E-state index is 0.586. The van der Waals surface area contributed by atoms with Crippen molar-refractivity contribution in [1.82, 2.24) is 19.1 Å². The number of benzene rings is 10. The van der Waals surface area contributed by atoms with Gasteiger partial charge in [-0.2, -0.15) is 0 Å². The molecule has 5 nitrogen and oxygen atoms in total. The topological polar surface area (TPSA) is 48.8 Å². The quantitative estimate of drug-likeness (QED) is 0.153. The molecule has 6 heteroatoms. The van der Waals surface area contributed by atoms with Gasteiger partial charge >= 0.3 is 0 Å². The van der Waals surface area contributed by atoms with E-state index >= 15 is 0 Å².